The van der Waals surface area contributed by atoms with Crippen molar-refractivity contribution < 1.29 is 14.7 Å². The monoisotopic (exact) mass is 130 g/mol. The maximum atomic E-state index is 10.5. The SMILES string of the molecule is O=C(NO)C1COC=N1. The number of hydroxylamine groups is 1. The predicted octanol–water partition coefficient (Wildman–Crippen LogP) is -1.08. The standard InChI is InChI=1S/C4H6N2O3/c7-4(6-8)3-1-9-2-5-3/h2-3,8H,1H2,(H,6,7). The van der Waals surface area contributed by atoms with E-state index < -0.39 is 11.9 Å². The summed E-state index contributed by atoms with van der Waals surface area (Å²) >= 11 is 0. The van der Waals surface area contributed by atoms with Crippen molar-refractivity contribution in [3.05, 3.63) is 0 Å². The molecule has 0 aromatic carbocycles. The molecule has 1 unspecified atom stereocenters. The molecular formula is C4H6N2O3. The van der Waals surface area contributed by atoms with Crippen molar-refractivity contribution in [2.45, 2.75) is 6.04 Å². The smallest absolute Gasteiger partial charge is 0.271 e. The fourth-order valence-corrected chi connectivity index (χ4v) is 0.512. The van der Waals surface area contributed by atoms with Crippen LogP contribution in [0.4, 0.5) is 0 Å². The third-order valence-corrected chi connectivity index (χ3v) is 0.982. The van der Waals surface area contributed by atoms with Gasteiger partial charge in [-0.15, -0.1) is 0 Å². The van der Waals surface area contributed by atoms with Gasteiger partial charge in [-0.1, -0.05) is 0 Å². The Morgan fingerprint density at radius 3 is 3.22 bits per heavy atom. The molecular weight excluding hydrogens is 124 g/mol. The van der Waals surface area contributed by atoms with Crippen molar-refractivity contribution in [2.75, 3.05) is 6.61 Å². The van der Waals surface area contributed by atoms with Gasteiger partial charge in [0, 0.05) is 0 Å². The minimum atomic E-state index is -0.574. The second kappa shape index (κ2) is 2.45. The first-order chi connectivity index (χ1) is 4.34. The molecule has 0 saturated carbocycles. The first-order valence-electron chi connectivity index (χ1n) is 2.42. The molecule has 1 rings (SSSR count). The van der Waals surface area contributed by atoms with Crippen molar-refractivity contribution in [1.29, 1.82) is 0 Å². The summed E-state index contributed by atoms with van der Waals surface area (Å²) in [5, 5.41) is 8.07. The lowest BCUT2D eigenvalue weighted by molar-refractivity contribution is -0.130. The van der Waals surface area contributed by atoms with Crippen LogP contribution in [0.1, 0.15) is 0 Å². The van der Waals surface area contributed by atoms with Crippen LogP contribution in [-0.4, -0.2) is 30.2 Å². The van der Waals surface area contributed by atoms with Gasteiger partial charge in [0.25, 0.3) is 5.91 Å². The number of ether oxygens (including phenoxy) is 1. The minimum absolute atomic E-state index is 0.215. The van der Waals surface area contributed by atoms with Crippen molar-refractivity contribution >= 4 is 12.3 Å². The highest BCUT2D eigenvalue weighted by Crippen LogP contribution is 1.97. The Kier molecular flexibility index (Phi) is 1.64. The molecule has 2 N–H and O–H groups in total. The zero-order valence-corrected chi connectivity index (χ0v) is 4.57. The molecule has 0 radical (unpaired) electrons. The molecule has 0 spiro atoms. The molecule has 1 aliphatic rings. The van der Waals surface area contributed by atoms with E-state index in [0.717, 1.165) is 0 Å². The van der Waals surface area contributed by atoms with Crippen LogP contribution in [0, 0.1) is 0 Å². The largest absolute Gasteiger partial charge is 0.481 e. The summed E-state index contributed by atoms with van der Waals surface area (Å²) in [7, 11) is 0. The third kappa shape index (κ3) is 1.17. The van der Waals surface area contributed by atoms with Gasteiger partial charge >= 0.3 is 0 Å². The maximum absolute atomic E-state index is 10.5. The van der Waals surface area contributed by atoms with E-state index in [4.69, 9.17) is 5.21 Å². The summed E-state index contributed by atoms with van der Waals surface area (Å²) in [5.41, 5.74) is 1.47. The first kappa shape index (κ1) is 6.03. The zero-order chi connectivity index (χ0) is 6.69. The summed E-state index contributed by atoms with van der Waals surface area (Å²) in [6.45, 7) is 0.215. The highest BCUT2D eigenvalue weighted by atomic mass is 16.5. The third-order valence-electron chi connectivity index (χ3n) is 0.982. The lowest BCUT2D eigenvalue weighted by atomic mass is 10.3. The van der Waals surface area contributed by atoms with Gasteiger partial charge in [-0.2, -0.15) is 0 Å². The van der Waals surface area contributed by atoms with Crippen LogP contribution in [0.2, 0.25) is 0 Å². The normalized spacial score (nSPS) is 23.4. The van der Waals surface area contributed by atoms with Gasteiger partial charge in [0.2, 0.25) is 0 Å². The number of hydrogen-bond donors (Lipinski definition) is 2. The molecule has 1 aliphatic heterocycles. The molecule has 0 aromatic rings. The van der Waals surface area contributed by atoms with E-state index in [1.54, 1.807) is 0 Å². The van der Waals surface area contributed by atoms with Gasteiger partial charge in [0.05, 0.1) is 0 Å². The van der Waals surface area contributed by atoms with Gasteiger partial charge in [-0.05, 0) is 0 Å². The maximum Gasteiger partial charge on any atom is 0.271 e. The molecule has 5 nitrogen and oxygen atoms in total. The van der Waals surface area contributed by atoms with Crippen molar-refractivity contribution in [3.8, 4) is 0 Å². The number of carbonyl (C=O) groups excluding carboxylic acids is 1. The average molecular weight is 130 g/mol. The summed E-state index contributed by atoms with van der Waals surface area (Å²) in [4.78, 5) is 14.0. The summed E-state index contributed by atoms with van der Waals surface area (Å²) in [5.74, 6) is -0.538. The van der Waals surface area contributed by atoms with E-state index in [0.29, 0.717) is 0 Å². The van der Waals surface area contributed by atoms with Crippen LogP contribution in [0.25, 0.3) is 0 Å². The molecule has 0 saturated heterocycles. The van der Waals surface area contributed by atoms with E-state index in [1.807, 2.05) is 0 Å². The number of amides is 1. The van der Waals surface area contributed by atoms with E-state index in [9.17, 15) is 4.79 Å². The fourth-order valence-electron chi connectivity index (χ4n) is 0.512. The van der Waals surface area contributed by atoms with Gasteiger partial charge in [-0.3, -0.25) is 10.0 Å². The molecule has 5 heteroatoms. The molecule has 1 amide bonds. The number of hydrogen-bond acceptors (Lipinski definition) is 4. The minimum Gasteiger partial charge on any atom is -0.481 e. The number of carbonyl (C=O) groups is 1. The Balaban J connectivity index is 2.43. The Labute approximate surface area is 51.3 Å². The van der Waals surface area contributed by atoms with Crippen molar-refractivity contribution in [1.82, 2.24) is 5.48 Å². The highest BCUT2D eigenvalue weighted by Gasteiger charge is 2.19. The molecule has 0 bridgehead atoms. The zero-order valence-electron chi connectivity index (χ0n) is 4.57. The number of nitrogens with one attached hydrogen (secondary N) is 1. The Morgan fingerprint density at radius 2 is 2.78 bits per heavy atom. The molecule has 50 valence electrons. The lowest BCUT2D eigenvalue weighted by Gasteiger charge is -1.99. The summed E-state index contributed by atoms with van der Waals surface area (Å²) in [6, 6.07) is -0.574. The Bertz CT molecular complexity index is 145. The topological polar surface area (TPSA) is 70.9 Å². The van der Waals surface area contributed by atoms with Crippen molar-refractivity contribution in [2.24, 2.45) is 4.99 Å². The van der Waals surface area contributed by atoms with E-state index in [2.05, 4.69) is 9.73 Å². The van der Waals surface area contributed by atoms with E-state index in [-0.39, 0.29) is 6.61 Å². The van der Waals surface area contributed by atoms with Crippen LogP contribution in [-0.2, 0) is 9.53 Å². The van der Waals surface area contributed by atoms with Gasteiger partial charge in [-0.25, -0.2) is 10.5 Å². The quantitative estimate of drug-likeness (QED) is 0.350. The highest BCUT2D eigenvalue weighted by molar-refractivity contribution is 5.83. The van der Waals surface area contributed by atoms with Gasteiger partial charge in [0.1, 0.15) is 6.61 Å². The molecule has 9 heavy (non-hydrogen) atoms. The van der Waals surface area contributed by atoms with Crippen LogP contribution in [0.3, 0.4) is 0 Å². The van der Waals surface area contributed by atoms with E-state index in [1.165, 1.54) is 11.9 Å². The number of rotatable bonds is 1. The first-order valence-corrected chi connectivity index (χ1v) is 2.42. The van der Waals surface area contributed by atoms with Crippen LogP contribution in [0.15, 0.2) is 4.99 Å². The Hall–Kier alpha value is -1.10. The second-order valence-corrected chi connectivity index (χ2v) is 1.58. The molecule has 0 fully saturated rings. The molecule has 0 aromatic heterocycles. The predicted molar refractivity (Wildman–Crippen MR) is 28.2 cm³/mol. The van der Waals surface area contributed by atoms with Crippen LogP contribution >= 0.6 is 0 Å². The van der Waals surface area contributed by atoms with E-state index >= 15 is 0 Å². The Morgan fingerprint density at radius 1 is 2.00 bits per heavy atom. The molecule has 0 aliphatic carbocycles. The van der Waals surface area contributed by atoms with Gasteiger partial charge in [0.15, 0.2) is 12.4 Å². The van der Waals surface area contributed by atoms with Crippen molar-refractivity contribution in [3.63, 3.8) is 0 Å². The molecule has 1 heterocycles. The fraction of sp³-hybridized carbons (Fsp3) is 0.500. The van der Waals surface area contributed by atoms with Crippen LogP contribution < -0.4 is 5.48 Å². The number of nitrogens with zero attached hydrogens (tertiary/aromatic N) is 1. The second-order valence-electron chi connectivity index (χ2n) is 1.58. The van der Waals surface area contributed by atoms with Gasteiger partial charge < -0.3 is 4.74 Å². The number of aliphatic imine (C=N–C) groups is 1. The summed E-state index contributed by atoms with van der Waals surface area (Å²) < 4.78 is 4.62. The average Bonchev–Trinajstić information content (AvgIpc) is 2.37. The molecule has 1 atom stereocenters. The lowest BCUT2D eigenvalue weighted by Crippen LogP contribution is -2.31. The summed E-state index contributed by atoms with van der Waals surface area (Å²) in [6.07, 6.45) is 1.19. The van der Waals surface area contributed by atoms with Crippen LogP contribution in [0.5, 0.6) is 0 Å².